The predicted molar refractivity (Wildman–Crippen MR) is 76.4 cm³/mol. The van der Waals surface area contributed by atoms with Crippen molar-refractivity contribution in [3.63, 3.8) is 0 Å². The van der Waals surface area contributed by atoms with Crippen molar-refractivity contribution < 1.29 is 0 Å². The van der Waals surface area contributed by atoms with Crippen LogP contribution in [-0.4, -0.2) is 15.6 Å². The molecular weight excluding hydrogens is 234 g/mol. The Labute approximate surface area is 113 Å². The summed E-state index contributed by atoms with van der Waals surface area (Å²) in [6.07, 6.45) is 11.3. The van der Waals surface area contributed by atoms with E-state index in [4.69, 9.17) is 0 Å². The molecule has 0 saturated heterocycles. The van der Waals surface area contributed by atoms with Crippen molar-refractivity contribution in [3.8, 4) is 5.69 Å². The van der Waals surface area contributed by atoms with Crippen molar-refractivity contribution in [1.82, 2.24) is 9.55 Å². The zero-order chi connectivity index (χ0) is 12.7. The summed E-state index contributed by atoms with van der Waals surface area (Å²) in [7, 11) is 0. The monoisotopic (exact) mass is 253 g/mol. The molecule has 3 heteroatoms. The largest absolute Gasteiger partial charge is 0.382 e. The highest BCUT2D eigenvalue weighted by Crippen LogP contribution is 2.45. The van der Waals surface area contributed by atoms with Crippen molar-refractivity contribution in [2.75, 3.05) is 5.32 Å². The average Bonchev–Trinajstić information content (AvgIpc) is 3.36. The van der Waals surface area contributed by atoms with E-state index in [0.29, 0.717) is 6.04 Å². The maximum Gasteiger partial charge on any atom is 0.0991 e. The molecule has 0 spiro atoms. The molecule has 2 saturated carbocycles. The van der Waals surface area contributed by atoms with E-state index in [1.807, 2.05) is 18.7 Å². The van der Waals surface area contributed by atoms with E-state index in [1.54, 1.807) is 0 Å². The first kappa shape index (κ1) is 11.1. The summed E-state index contributed by atoms with van der Waals surface area (Å²) in [6.45, 7) is 0. The van der Waals surface area contributed by atoms with Crippen molar-refractivity contribution in [2.24, 2.45) is 11.8 Å². The van der Waals surface area contributed by atoms with Crippen LogP contribution in [0.3, 0.4) is 0 Å². The van der Waals surface area contributed by atoms with Crippen molar-refractivity contribution in [1.29, 1.82) is 0 Å². The highest BCUT2D eigenvalue weighted by molar-refractivity contribution is 5.52. The standard InChI is InChI=1S/C16H19N3/c1-2-14(10-15(3-1)19-9-8-17-11-19)18-16(12-4-5-12)13-6-7-13/h1-3,8-13,16,18H,4-7H2. The fourth-order valence-electron chi connectivity index (χ4n) is 2.89. The van der Waals surface area contributed by atoms with Crippen LogP contribution in [0.2, 0.25) is 0 Å². The number of aromatic nitrogens is 2. The third-order valence-electron chi connectivity index (χ3n) is 4.24. The number of benzene rings is 1. The Morgan fingerprint density at radius 2 is 1.95 bits per heavy atom. The molecule has 1 aromatic heterocycles. The van der Waals surface area contributed by atoms with Gasteiger partial charge in [0.15, 0.2) is 0 Å². The number of nitrogens with zero attached hydrogens (tertiary/aromatic N) is 2. The lowest BCUT2D eigenvalue weighted by molar-refractivity contribution is 0.568. The molecule has 1 heterocycles. The van der Waals surface area contributed by atoms with Gasteiger partial charge in [0.1, 0.15) is 0 Å². The van der Waals surface area contributed by atoms with Gasteiger partial charge in [0.05, 0.1) is 6.33 Å². The lowest BCUT2D eigenvalue weighted by Gasteiger charge is -2.19. The smallest absolute Gasteiger partial charge is 0.0991 e. The molecule has 2 aliphatic rings. The zero-order valence-corrected chi connectivity index (χ0v) is 11.0. The molecule has 0 radical (unpaired) electrons. The number of nitrogens with one attached hydrogen (secondary N) is 1. The fourth-order valence-corrected chi connectivity index (χ4v) is 2.89. The van der Waals surface area contributed by atoms with E-state index in [9.17, 15) is 0 Å². The first-order chi connectivity index (χ1) is 9.40. The number of rotatable bonds is 5. The first-order valence-corrected chi connectivity index (χ1v) is 7.25. The van der Waals surface area contributed by atoms with Crippen molar-refractivity contribution in [2.45, 2.75) is 31.7 Å². The molecule has 0 bridgehead atoms. The Morgan fingerprint density at radius 1 is 1.16 bits per heavy atom. The molecule has 4 rings (SSSR count). The van der Waals surface area contributed by atoms with E-state index < -0.39 is 0 Å². The van der Waals surface area contributed by atoms with Gasteiger partial charge in [0.2, 0.25) is 0 Å². The summed E-state index contributed by atoms with van der Waals surface area (Å²) in [5.41, 5.74) is 2.42. The average molecular weight is 253 g/mol. The molecule has 2 aliphatic carbocycles. The van der Waals surface area contributed by atoms with Crippen molar-refractivity contribution >= 4 is 5.69 Å². The molecule has 0 unspecified atom stereocenters. The highest BCUT2D eigenvalue weighted by Gasteiger charge is 2.41. The van der Waals surface area contributed by atoms with E-state index in [2.05, 4.69) is 39.1 Å². The van der Waals surface area contributed by atoms with Crippen LogP contribution < -0.4 is 5.32 Å². The molecule has 19 heavy (non-hydrogen) atoms. The number of hydrogen-bond acceptors (Lipinski definition) is 2. The van der Waals surface area contributed by atoms with Crippen LogP contribution in [0.4, 0.5) is 5.69 Å². The maximum absolute atomic E-state index is 4.11. The Hall–Kier alpha value is -1.77. The predicted octanol–water partition coefficient (Wildman–Crippen LogP) is 3.47. The second-order valence-corrected chi connectivity index (χ2v) is 5.87. The summed E-state index contributed by atoms with van der Waals surface area (Å²) >= 11 is 0. The third-order valence-corrected chi connectivity index (χ3v) is 4.24. The van der Waals surface area contributed by atoms with Crippen LogP contribution in [0.5, 0.6) is 0 Å². The van der Waals surface area contributed by atoms with Gasteiger partial charge in [-0.15, -0.1) is 0 Å². The van der Waals surface area contributed by atoms with Gasteiger partial charge in [-0.2, -0.15) is 0 Å². The quantitative estimate of drug-likeness (QED) is 0.884. The minimum absolute atomic E-state index is 0.707. The van der Waals surface area contributed by atoms with Gasteiger partial charge in [-0.25, -0.2) is 4.98 Å². The van der Waals surface area contributed by atoms with Gasteiger partial charge >= 0.3 is 0 Å². The molecule has 0 aliphatic heterocycles. The van der Waals surface area contributed by atoms with E-state index in [0.717, 1.165) is 11.8 Å². The second kappa shape index (κ2) is 4.41. The van der Waals surface area contributed by atoms with Crippen molar-refractivity contribution in [3.05, 3.63) is 43.0 Å². The highest BCUT2D eigenvalue weighted by atomic mass is 15.0. The zero-order valence-electron chi connectivity index (χ0n) is 11.0. The fraction of sp³-hybridized carbons (Fsp3) is 0.438. The molecular formula is C16H19N3. The summed E-state index contributed by atoms with van der Waals surface area (Å²) in [4.78, 5) is 4.11. The molecule has 1 N–H and O–H groups in total. The normalized spacial score (nSPS) is 18.8. The second-order valence-electron chi connectivity index (χ2n) is 5.87. The Balaban J connectivity index is 1.55. The molecule has 98 valence electrons. The minimum atomic E-state index is 0.707. The van der Waals surface area contributed by atoms with Gasteiger partial charge in [-0.05, 0) is 55.7 Å². The lowest BCUT2D eigenvalue weighted by atomic mass is 10.1. The SMILES string of the molecule is c1cc(NC(C2CC2)C2CC2)cc(-n2ccnc2)c1. The Kier molecular flexibility index (Phi) is 2.57. The third kappa shape index (κ3) is 2.37. The molecule has 2 fully saturated rings. The van der Waals surface area contributed by atoms with Gasteiger partial charge < -0.3 is 9.88 Å². The number of anilines is 1. The van der Waals surface area contributed by atoms with Crippen LogP contribution in [0, 0.1) is 11.8 Å². The molecule has 0 amide bonds. The van der Waals surface area contributed by atoms with E-state index in [-0.39, 0.29) is 0 Å². The van der Waals surface area contributed by atoms with E-state index in [1.165, 1.54) is 37.1 Å². The van der Waals surface area contributed by atoms with Crippen LogP contribution in [0.15, 0.2) is 43.0 Å². The number of hydrogen-bond donors (Lipinski definition) is 1. The topological polar surface area (TPSA) is 29.9 Å². The summed E-state index contributed by atoms with van der Waals surface area (Å²) in [6, 6.07) is 9.35. The minimum Gasteiger partial charge on any atom is -0.382 e. The van der Waals surface area contributed by atoms with Gasteiger partial charge in [0, 0.05) is 29.8 Å². The van der Waals surface area contributed by atoms with E-state index >= 15 is 0 Å². The molecule has 2 aromatic rings. The van der Waals surface area contributed by atoms with Gasteiger partial charge in [-0.3, -0.25) is 0 Å². The van der Waals surface area contributed by atoms with Crippen LogP contribution in [-0.2, 0) is 0 Å². The summed E-state index contributed by atoms with van der Waals surface area (Å²) in [5, 5.41) is 3.77. The van der Waals surface area contributed by atoms with Gasteiger partial charge in [0.25, 0.3) is 0 Å². The van der Waals surface area contributed by atoms with Crippen LogP contribution in [0.25, 0.3) is 5.69 Å². The molecule has 3 nitrogen and oxygen atoms in total. The van der Waals surface area contributed by atoms with Gasteiger partial charge in [-0.1, -0.05) is 6.07 Å². The number of imidazole rings is 1. The van der Waals surface area contributed by atoms with Crippen LogP contribution >= 0.6 is 0 Å². The summed E-state index contributed by atoms with van der Waals surface area (Å²) in [5.74, 6) is 1.84. The first-order valence-electron chi connectivity index (χ1n) is 7.25. The Morgan fingerprint density at radius 3 is 2.58 bits per heavy atom. The molecule has 1 aromatic carbocycles. The molecule has 0 atom stereocenters. The Bertz CT molecular complexity index is 541. The lowest BCUT2D eigenvalue weighted by Crippen LogP contribution is -2.24. The summed E-state index contributed by atoms with van der Waals surface area (Å²) < 4.78 is 2.05. The maximum atomic E-state index is 4.11. The van der Waals surface area contributed by atoms with Crippen LogP contribution in [0.1, 0.15) is 25.7 Å².